The second-order valence-corrected chi connectivity index (χ2v) is 6.59. The monoisotopic (exact) mass is 426 g/mol. The van der Waals surface area contributed by atoms with Crippen LogP contribution in [0.2, 0.25) is 0 Å². The molecule has 0 bridgehead atoms. The lowest BCUT2D eigenvalue weighted by atomic mass is 10.2. The van der Waals surface area contributed by atoms with Crippen LogP contribution in [0.3, 0.4) is 0 Å². The van der Waals surface area contributed by atoms with Gasteiger partial charge in [0.1, 0.15) is 5.82 Å². The third kappa shape index (κ3) is 4.70. The summed E-state index contributed by atoms with van der Waals surface area (Å²) in [6, 6.07) is 8.76. The number of nitrogens with one attached hydrogen (secondary N) is 1. The van der Waals surface area contributed by atoms with E-state index in [-0.39, 0.29) is 12.4 Å². The molecule has 8 heteroatoms. The van der Waals surface area contributed by atoms with Crippen LogP contribution in [0.5, 0.6) is 5.75 Å². The third-order valence-corrected chi connectivity index (χ3v) is 4.33. The molecule has 1 fully saturated rings. The second-order valence-electron chi connectivity index (χ2n) is 5.68. The Hall–Kier alpha value is -2.19. The van der Waals surface area contributed by atoms with Gasteiger partial charge in [-0.2, -0.15) is 0 Å². The minimum Gasteiger partial charge on any atom is -0.481 e. The summed E-state index contributed by atoms with van der Waals surface area (Å²) in [5, 5.41) is 2.54. The normalized spacial score (nSPS) is 14.2. The molecule has 1 aliphatic heterocycles. The van der Waals surface area contributed by atoms with Gasteiger partial charge in [0, 0.05) is 23.2 Å². The average molecular weight is 427 g/mol. The summed E-state index contributed by atoms with van der Waals surface area (Å²) in [5.41, 5.74) is 0.781. The fourth-order valence-electron chi connectivity index (χ4n) is 2.58. The lowest BCUT2D eigenvalue weighted by molar-refractivity contribution is -0.118. The molecular weight excluding hydrogens is 410 g/mol. The standard InChI is InChI=1S/C18H17BrF2N2O3/c19-12-1-4-17(15(21)9-12)26-11-18(24)22-13-2-3-16(14(20)10-13)23-5-7-25-8-6-23/h1-4,9-10H,5-8,11H2,(H,22,24). The van der Waals surface area contributed by atoms with Crippen LogP contribution in [0.25, 0.3) is 0 Å². The Morgan fingerprint density at radius 2 is 1.92 bits per heavy atom. The lowest BCUT2D eigenvalue weighted by Crippen LogP contribution is -2.36. The number of carbonyl (C=O) groups excluding carboxylic acids is 1. The fourth-order valence-corrected chi connectivity index (χ4v) is 2.91. The number of anilines is 2. The molecule has 1 heterocycles. The van der Waals surface area contributed by atoms with E-state index in [4.69, 9.17) is 9.47 Å². The van der Waals surface area contributed by atoms with Gasteiger partial charge in [0.05, 0.1) is 18.9 Å². The molecule has 0 unspecified atom stereocenters. The number of morpholine rings is 1. The highest BCUT2D eigenvalue weighted by Gasteiger charge is 2.16. The predicted molar refractivity (Wildman–Crippen MR) is 97.7 cm³/mol. The van der Waals surface area contributed by atoms with Gasteiger partial charge in [0.25, 0.3) is 5.91 Å². The summed E-state index contributed by atoms with van der Waals surface area (Å²) in [7, 11) is 0. The van der Waals surface area contributed by atoms with E-state index in [0.29, 0.717) is 42.2 Å². The van der Waals surface area contributed by atoms with Gasteiger partial charge in [-0.1, -0.05) is 15.9 Å². The van der Waals surface area contributed by atoms with Crippen molar-refractivity contribution in [3.63, 3.8) is 0 Å². The average Bonchev–Trinajstić information content (AvgIpc) is 2.62. The van der Waals surface area contributed by atoms with Crippen molar-refractivity contribution in [3.05, 3.63) is 52.5 Å². The summed E-state index contributed by atoms with van der Waals surface area (Å²) < 4.78 is 38.9. The zero-order chi connectivity index (χ0) is 18.5. The summed E-state index contributed by atoms with van der Waals surface area (Å²) in [6.07, 6.45) is 0. The number of amides is 1. The topological polar surface area (TPSA) is 50.8 Å². The number of rotatable bonds is 5. The van der Waals surface area contributed by atoms with Crippen LogP contribution >= 0.6 is 15.9 Å². The fraction of sp³-hybridized carbons (Fsp3) is 0.278. The van der Waals surface area contributed by atoms with Gasteiger partial charge >= 0.3 is 0 Å². The van der Waals surface area contributed by atoms with E-state index in [1.807, 2.05) is 4.90 Å². The SMILES string of the molecule is O=C(COc1ccc(Br)cc1F)Nc1ccc(N2CCOCC2)c(F)c1. The van der Waals surface area contributed by atoms with Crippen LogP contribution in [0.4, 0.5) is 20.2 Å². The Kier molecular flexibility index (Phi) is 6.05. The van der Waals surface area contributed by atoms with Crippen molar-refractivity contribution in [3.8, 4) is 5.75 Å². The Morgan fingerprint density at radius 1 is 1.15 bits per heavy atom. The maximum Gasteiger partial charge on any atom is 0.262 e. The van der Waals surface area contributed by atoms with Crippen molar-refractivity contribution in [1.82, 2.24) is 0 Å². The van der Waals surface area contributed by atoms with Gasteiger partial charge < -0.3 is 19.7 Å². The van der Waals surface area contributed by atoms with Gasteiger partial charge in [-0.15, -0.1) is 0 Å². The maximum atomic E-state index is 14.3. The van der Waals surface area contributed by atoms with E-state index >= 15 is 0 Å². The first kappa shape index (κ1) is 18.6. The lowest BCUT2D eigenvalue weighted by Gasteiger charge is -2.29. The molecule has 0 aromatic heterocycles. The van der Waals surface area contributed by atoms with Gasteiger partial charge in [-0.3, -0.25) is 4.79 Å². The number of benzene rings is 2. The predicted octanol–water partition coefficient (Wildman–Crippen LogP) is 3.58. The summed E-state index contributed by atoms with van der Waals surface area (Å²) in [6.45, 7) is 1.97. The largest absolute Gasteiger partial charge is 0.481 e. The van der Waals surface area contributed by atoms with E-state index in [0.717, 1.165) is 0 Å². The molecule has 0 atom stereocenters. The molecule has 1 saturated heterocycles. The number of ether oxygens (including phenoxy) is 2. The highest BCUT2D eigenvalue weighted by molar-refractivity contribution is 9.10. The summed E-state index contributed by atoms with van der Waals surface area (Å²) in [5.74, 6) is -1.54. The van der Waals surface area contributed by atoms with E-state index < -0.39 is 17.5 Å². The first-order valence-corrected chi connectivity index (χ1v) is 8.82. The molecule has 138 valence electrons. The highest BCUT2D eigenvalue weighted by Crippen LogP contribution is 2.24. The van der Waals surface area contributed by atoms with Crippen molar-refractivity contribution in [2.45, 2.75) is 0 Å². The number of carbonyl (C=O) groups is 1. The molecule has 0 saturated carbocycles. The minimum atomic E-state index is -0.576. The Labute approximate surface area is 158 Å². The van der Waals surface area contributed by atoms with Crippen molar-refractivity contribution in [2.75, 3.05) is 43.1 Å². The molecule has 0 radical (unpaired) electrons. The molecule has 26 heavy (non-hydrogen) atoms. The smallest absolute Gasteiger partial charge is 0.262 e. The molecule has 3 rings (SSSR count). The number of nitrogens with zero attached hydrogens (tertiary/aromatic N) is 1. The van der Waals surface area contributed by atoms with Gasteiger partial charge in [-0.25, -0.2) is 8.78 Å². The van der Waals surface area contributed by atoms with Gasteiger partial charge in [-0.05, 0) is 36.4 Å². The van der Waals surface area contributed by atoms with Crippen LogP contribution in [0.1, 0.15) is 0 Å². The molecule has 0 spiro atoms. The van der Waals surface area contributed by atoms with E-state index in [2.05, 4.69) is 21.2 Å². The van der Waals surface area contributed by atoms with Crippen molar-refractivity contribution >= 4 is 33.2 Å². The molecule has 1 amide bonds. The van der Waals surface area contributed by atoms with E-state index in [9.17, 15) is 13.6 Å². The van der Waals surface area contributed by atoms with Crippen LogP contribution in [0, 0.1) is 11.6 Å². The molecule has 0 aliphatic carbocycles. The van der Waals surface area contributed by atoms with Crippen molar-refractivity contribution in [2.24, 2.45) is 0 Å². The zero-order valence-corrected chi connectivity index (χ0v) is 15.4. The number of hydrogen-bond donors (Lipinski definition) is 1. The van der Waals surface area contributed by atoms with E-state index in [1.54, 1.807) is 18.2 Å². The summed E-state index contributed by atoms with van der Waals surface area (Å²) >= 11 is 3.14. The van der Waals surface area contributed by atoms with Crippen molar-refractivity contribution in [1.29, 1.82) is 0 Å². The molecule has 1 N–H and O–H groups in total. The molecule has 2 aromatic rings. The first-order valence-electron chi connectivity index (χ1n) is 8.03. The highest BCUT2D eigenvalue weighted by atomic mass is 79.9. The minimum absolute atomic E-state index is 0.0304. The van der Waals surface area contributed by atoms with Crippen LogP contribution in [-0.4, -0.2) is 38.8 Å². The second kappa shape index (κ2) is 8.46. The maximum absolute atomic E-state index is 14.3. The summed E-state index contributed by atoms with van der Waals surface area (Å²) in [4.78, 5) is 13.8. The number of hydrogen-bond acceptors (Lipinski definition) is 4. The Bertz CT molecular complexity index is 798. The molecular formula is C18H17BrF2N2O3. The Balaban J connectivity index is 1.57. The number of halogens is 3. The van der Waals surface area contributed by atoms with Crippen molar-refractivity contribution < 1.29 is 23.0 Å². The quantitative estimate of drug-likeness (QED) is 0.793. The molecule has 2 aromatic carbocycles. The third-order valence-electron chi connectivity index (χ3n) is 3.84. The van der Waals surface area contributed by atoms with Gasteiger partial charge in [0.15, 0.2) is 18.2 Å². The van der Waals surface area contributed by atoms with Gasteiger partial charge in [0.2, 0.25) is 0 Å². The Morgan fingerprint density at radius 3 is 2.62 bits per heavy atom. The van der Waals surface area contributed by atoms with Crippen LogP contribution in [0.15, 0.2) is 40.9 Å². The van der Waals surface area contributed by atoms with Crippen LogP contribution < -0.4 is 15.0 Å². The zero-order valence-electron chi connectivity index (χ0n) is 13.8. The molecule has 5 nitrogen and oxygen atoms in total. The van der Waals surface area contributed by atoms with E-state index in [1.165, 1.54) is 18.2 Å². The molecule has 1 aliphatic rings. The van der Waals surface area contributed by atoms with Crippen LogP contribution in [-0.2, 0) is 9.53 Å². The first-order chi connectivity index (χ1) is 12.5.